The fourth-order valence-corrected chi connectivity index (χ4v) is 3.58. The number of methoxy groups -OCH3 is 1. The molecule has 19 heavy (non-hydrogen) atoms. The summed E-state index contributed by atoms with van der Waals surface area (Å²) >= 11 is 0. The Morgan fingerprint density at radius 2 is 2.11 bits per heavy atom. The lowest BCUT2D eigenvalue weighted by Gasteiger charge is -2.12. The van der Waals surface area contributed by atoms with Crippen LogP contribution in [0.25, 0.3) is 0 Å². The van der Waals surface area contributed by atoms with E-state index in [1.165, 1.54) is 13.2 Å². The first kappa shape index (κ1) is 14.3. The van der Waals surface area contributed by atoms with Crippen LogP contribution in [0.5, 0.6) is 5.75 Å². The Kier molecular flexibility index (Phi) is 3.59. The van der Waals surface area contributed by atoms with Crippen LogP contribution < -0.4 is 9.46 Å². The van der Waals surface area contributed by atoms with Crippen molar-refractivity contribution in [1.82, 2.24) is 4.72 Å². The number of benzene rings is 1. The maximum atomic E-state index is 12.3. The van der Waals surface area contributed by atoms with Gasteiger partial charge in [0.15, 0.2) is 0 Å². The first-order chi connectivity index (χ1) is 8.80. The Balaban J connectivity index is 2.33. The number of hydrogen-bond donors (Lipinski definition) is 2. The van der Waals surface area contributed by atoms with Gasteiger partial charge in [-0.05, 0) is 29.5 Å². The number of aliphatic hydroxyl groups excluding tert-OH is 1. The minimum Gasteiger partial charge on any atom is -0.495 e. The molecule has 1 atom stereocenters. The molecule has 0 heterocycles. The lowest BCUT2D eigenvalue weighted by atomic mass is 10.2. The molecule has 2 N–H and O–H groups in total. The van der Waals surface area contributed by atoms with Gasteiger partial charge in [-0.1, -0.05) is 19.9 Å². The van der Waals surface area contributed by atoms with E-state index in [4.69, 9.17) is 9.84 Å². The summed E-state index contributed by atoms with van der Waals surface area (Å²) in [6, 6.07) is 4.59. The highest BCUT2D eigenvalue weighted by atomic mass is 32.2. The predicted octanol–water partition coefficient (Wildman–Crippen LogP) is 1.26. The highest BCUT2D eigenvalue weighted by Crippen LogP contribution is 2.45. The van der Waals surface area contributed by atoms with E-state index in [0.717, 1.165) is 6.42 Å². The molecule has 1 fully saturated rings. The fourth-order valence-electron chi connectivity index (χ4n) is 1.95. The van der Waals surface area contributed by atoms with Crippen LogP contribution in [0.15, 0.2) is 23.1 Å². The molecular formula is C13H19NO4S. The van der Waals surface area contributed by atoms with Gasteiger partial charge in [0.05, 0.1) is 13.7 Å². The Hall–Kier alpha value is -1.11. The predicted molar refractivity (Wildman–Crippen MR) is 71.4 cm³/mol. The number of ether oxygens (including phenoxy) is 1. The Morgan fingerprint density at radius 1 is 1.47 bits per heavy atom. The molecule has 1 aromatic carbocycles. The maximum absolute atomic E-state index is 12.3. The van der Waals surface area contributed by atoms with Crippen LogP contribution in [0, 0.1) is 5.41 Å². The molecule has 0 aliphatic heterocycles. The summed E-state index contributed by atoms with van der Waals surface area (Å²) in [5, 5.41) is 9.11. The smallest absolute Gasteiger partial charge is 0.244 e. The Morgan fingerprint density at radius 3 is 2.58 bits per heavy atom. The molecule has 106 valence electrons. The van der Waals surface area contributed by atoms with Crippen molar-refractivity contribution in [1.29, 1.82) is 0 Å². The quantitative estimate of drug-likeness (QED) is 0.854. The summed E-state index contributed by atoms with van der Waals surface area (Å²) in [6.07, 6.45) is 0.828. The number of aliphatic hydroxyl groups is 1. The molecule has 6 heteroatoms. The van der Waals surface area contributed by atoms with Gasteiger partial charge < -0.3 is 9.84 Å². The molecule has 1 saturated carbocycles. The average molecular weight is 285 g/mol. The van der Waals surface area contributed by atoms with E-state index in [-0.39, 0.29) is 28.7 Å². The van der Waals surface area contributed by atoms with Crippen molar-refractivity contribution in [3.8, 4) is 5.75 Å². The molecule has 5 nitrogen and oxygen atoms in total. The number of sulfonamides is 1. The monoisotopic (exact) mass is 285 g/mol. The lowest BCUT2D eigenvalue weighted by molar-refractivity contribution is 0.281. The number of rotatable bonds is 5. The van der Waals surface area contributed by atoms with Crippen molar-refractivity contribution in [2.45, 2.75) is 37.8 Å². The van der Waals surface area contributed by atoms with Gasteiger partial charge >= 0.3 is 0 Å². The van der Waals surface area contributed by atoms with Crippen LogP contribution in [-0.2, 0) is 16.6 Å². The third-order valence-electron chi connectivity index (χ3n) is 3.51. The SMILES string of the molecule is COc1ccc(CO)cc1S(=O)(=O)NC1CC1(C)C. The molecule has 1 aromatic rings. The number of nitrogens with one attached hydrogen (secondary N) is 1. The van der Waals surface area contributed by atoms with Crippen molar-refractivity contribution < 1.29 is 18.3 Å². The van der Waals surface area contributed by atoms with Crippen LogP contribution in [0.3, 0.4) is 0 Å². The Labute approximate surface area is 113 Å². The minimum absolute atomic E-state index is 0.00882. The topological polar surface area (TPSA) is 75.6 Å². The van der Waals surface area contributed by atoms with Gasteiger partial charge in [-0.15, -0.1) is 0 Å². The third-order valence-corrected chi connectivity index (χ3v) is 5.00. The maximum Gasteiger partial charge on any atom is 0.244 e. The van der Waals surface area contributed by atoms with Gasteiger partial charge in [0, 0.05) is 6.04 Å². The zero-order valence-corrected chi connectivity index (χ0v) is 12.1. The molecule has 0 amide bonds. The second-order valence-corrected chi connectivity index (χ2v) is 7.19. The van der Waals surface area contributed by atoms with Gasteiger partial charge in [-0.3, -0.25) is 0 Å². The van der Waals surface area contributed by atoms with Crippen LogP contribution in [0.4, 0.5) is 0 Å². The van der Waals surface area contributed by atoms with Crippen molar-refractivity contribution in [2.75, 3.05) is 7.11 Å². The first-order valence-corrected chi connectivity index (χ1v) is 7.58. The van der Waals surface area contributed by atoms with E-state index in [1.807, 2.05) is 13.8 Å². The zero-order chi connectivity index (χ0) is 14.3. The zero-order valence-electron chi connectivity index (χ0n) is 11.3. The molecule has 0 spiro atoms. The third kappa shape index (κ3) is 2.91. The summed E-state index contributed by atoms with van der Waals surface area (Å²) in [7, 11) is -2.20. The molecule has 0 radical (unpaired) electrons. The van der Waals surface area contributed by atoms with E-state index >= 15 is 0 Å². The molecular weight excluding hydrogens is 266 g/mol. The largest absolute Gasteiger partial charge is 0.495 e. The molecule has 0 saturated heterocycles. The van der Waals surface area contributed by atoms with Gasteiger partial charge in [0.1, 0.15) is 10.6 Å². The summed E-state index contributed by atoms with van der Waals surface area (Å²) in [6.45, 7) is 3.82. The minimum atomic E-state index is -3.63. The van der Waals surface area contributed by atoms with Gasteiger partial charge in [0.25, 0.3) is 0 Å². The van der Waals surface area contributed by atoms with E-state index in [2.05, 4.69) is 4.72 Å². The van der Waals surface area contributed by atoms with Gasteiger partial charge in [-0.25, -0.2) is 13.1 Å². The van der Waals surface area contributed by atoms with Crippen molar-refractivity contribution >= 4 is 10.0 Å². The average Bonchev–Trinajstić information content (AvgIpc) is 2.94. The lowest BCUT2D eigenvalue weighted by Crippen LogP contribution is -2.29. The highest BCUT2D eigenvalue weighted by Gasteiger charge is 2.48. The van der Waals surface area contributed by atoms with E-state index in [9.17, 15) is 8.42 Å². The van der Waals surface area contributed by atoms with E-state index in [0.29, 0.717) is 5.56 Å². The van der Waals surface area contributed by atoms with Crippen molar-refractivity contribution in [3.05, 3.63) is 23.8 Å². The normalized spacial score (nSPS) is 21.2. The standard InChI is InChI=1S/C13H19NO4S/c1-13(2)7-12(13)14-19(16,17)11-6-9(8-15)4-5-10(11)18-3/h4-6,12,14-15H,7-8H2,1-3H3. The molecule has 0 bridgehead atoms. The first-order valence-electron chi connectivity index (χ1n) is 6.10. The molecule has 0 aromatic heterocycles. The van der Waals surface area contributed by atoms with Crippen LogP contribution in [-0.4, -0.2) is 26.7 Å². The molecule has 1 unspecified atom stereocenters. The molecule has 1 aliphatic carbocycles. The van der Waals surface area contributed by atoms with E-state index in [1.54, 1.807) is 12.1 Å². The number of hydrogen-bond acceptors (Lipinski definition) is 4. The second-order valence-electron chi connectivity index (χ2n) is 5.51. The Bertz CT molecular complexity index is 580. The highest BCUT2D eigenvalue weighted by molar-refractivity contribution is 7.89. The van der Waals surface area contributed by atoms with Crippen LogP contribution in [0.2, 0.25) is 0 Å². The van der Waals surface area contributed by atoms with Crippen LogP contribution in [0.1, 0.15) is 25.8 Å². The molecule has 1 aliphatic rings. The summed E-state index contributed by atoms with van der Waals surface area (Å²) in [5.74, 6) is 0.281. The van der Waals surface area contributed by atoms with Crippen LogP contribution >= 0.6 is 0 Å². The summed E-state index contributed by atoms with van der Waals surface area (Å²) < 4.78 is 32.4. The van der Waals surface area contributed by atoms with E-state index < -0.39 is 10.0 Å². The van der Waals surface area contributed by atoms with Gasteiger partial charge in [-0.2, -0.15) is 0 Å². The summed E-state index contributed by atoms with van der Waals surface area (Å²) in [4.78, 5) is 0.0734. The fraction of sp³-hybridized carbons (Fsp3) is 0.538. The second kappa shape index (κ2) is 4.77. The van der Waals surface area contributed by atoms with Gasteiger partial charge in [0.2, 0.25) is 10.0 Å². The molecule has 2 rings (SSSR count). The summed E-state index contributed by atoms with van der Waals surface area (Å²) in [5.41, 5.74) is 0.547. The van der Waals surface area contributed by atoms with Crippen molar-refractivity contribution in [3.63, 3.8) is 0 Å². The van der Waals surface area contributed by atoms with Crippen molar-refractivity contribution in [2.24, 2.45) is 5.41 Å².